The first kappa shape index (κ1) is 14.3. The van der Waals surface area contributed by atoms with Crippen molar-refractivity contribution in [3.63, 3.8) is 0 Å². The van der Waals surface area contributed by atoms with E-state index in [0.29, 0.717) is 5.56 Å². The van der Waals surface area contributed by atoms with Crippen molar-refractivity contribution in [2.75, 3.05) is 13.9 Å². The van der Waals surface area contributed by atoms with Crippen molar-refractivity contribution in [2.45, 2.75) is 20.8 Å². The molecular formula is C15H19NO4. The SMILES string of the molecule is COCOn1cc(O)c(-c2c(C)cc(C)cc2C)c1O. The number of methoxy groups -OCH3 is 1. The average molecular weight is 277 g/mol. The zero-order valence-corrected chi connectivity index (χ0v) is 12.1. The molecule has 0 amide bonds. The standard InChI is InChI=1S/C15H19NO4/c1-9-5-10(2)13(11(3)6-9)14-12(17)7-16(15(14)18)20-8-19-4/h5-7,17-18H,8H2,1-4H3. The van der Waals surface area contributed by atoms with Gasteiger partial charge in [-0.1, -0.05) is 17.7 Å². The summed E-state index contributed by atoms with van der Waals surface area (Å²) in [5.74, 6) is -0.178. The smallest absolute Gasteiger partial charge is 0.236 e. The molecule has 1 heterocycles. The minimum atomic E-state index is -0.144. The van der Waals surface area contributed by atoms with Crippen LogP contribution in [0.25, 0.3) is 11.1 Å². The van der Waals surface area contributed by atoms with Gasteiger partial charge in [0.2, 0.25) is 12.7 Å². The van der Waals surface area contributed by atoms with E-state index in [1.165, 1.54) is 13.3 Å². The quantitative estimate of drug-likeness (QED) is 0.843. The molecule has 0 saturated heterocycles. The minimum Gasteiger partial charge on any atom is -0.505 e. The van der Waals surface area contributed by atoms with Crippen molar-refractivity contribution >= 4 is 0 Å². The van der Waals surface area contributed by atoms with Crippen LogP contribution in [0.15, 0.2) is 18.3 Å². The number of aromatic nitrogens is 1. The number of nitrogens with zero attached hydrogens (tertiary/aromatic N) is 1. The van der Waals surface area contributed by atoms with Crippen molar-refractivity contribution in [1.82, 2.24) is 4.73 Å². The molecule has 20 heavy (non-hydrogen) atoms. The summed E-state index contributed by atoms with van der Waals surface area (Å²) in [5, 5.41) is 20.3. The molecule has 0 fully saturated rings. The lowest BCUT2D eigenvalue weighted by Crippen LogP contribution is -2.12. The fraction of sp³-hybridized carbons (Fsp3) is 0.333. The van der Waals surface area contributed by atoms with E-state index in [2.05, 4.69) is 0 Å². The average Bonchev–Trinajstić information content (AvgIpc) is 2.63. The maximum atomic E-state index is 10.2. The first-order valence-electron chi connectivity index (χ1n) is 6.29. The summed E-state index contributed by atoms with van der Waals surface area (Å²) in [4.78, 5) is 5.16. The molecule has 5 nitrogen and oxygen atoms in total. The van der Waals surface area contributed by atoms with Crippen molar-refractivity contribution in [3.8, 4) is 22.8 Å². The molecule has 0 bridgehead atoms. The Morgan fingerprint density at radius 2 is 1.65 bits per heavy atom. The fourth-order valence-electron chi connectivity index (χ4n) is 2.48. The van der Waals surface area contributed by atoms with E-state index >= 15 is 0 Å². The second-order valence-corrected chi connectivity index (χ2v) is 4.85. The maximum Gasteiger partial charge on any atom is 0.236 e. The third-order valence-corrected chi connectivity index (χ3v) is 3.16. The van der Waals surface area contributed by atoms with Gasteiger partial charge in [0, 0.05) is 7.11 Å². The van der Waals surface area contributed by atoms with Gasteiger partial charge in [-0.3, -0.25) is 0 Å². The van der Waals surface area contributed by atoms with Gasteiger partial charge in [-0.25, -0.2) is 0 Å². The van der Waals surface area contributed by atoms with Crippen LogP contribution in [-0.4, -0.2) is 28.8 Å². The number of hydrogen-bond acceptors (Lipinski definition) is 4. The maximum absolute atomic E-state index is 10.2. The molecule has 2 N–H and O–H groups in total. The van der Waals surface area contributed by atoms with Crippen LogP contribution < -0.4 is 4.84 Å². The molecule has 0 unspecified atom stereocenters. The van der Waals surface area contributed by atoms with E-state index in [0.717, 1.165) is 27.0 Å². The molecule has 0 aliphatic heterocycles. The number of benzene rings is 1. The highest BCUT2D eigenvalue weighted by Gasteiger charge is 2.21. The van der Waals surface area contributed by atoms with Gasteiger partial charge >= 0.3 is 0 Å². The molecule has 0 spiro atoms. The van der Waals surface area contributed by atoms with Crippen LogP contribution in [0.5, 0.6) is 11.6 Å². The van der Waals surface area contributed by atoms with E-state index in [4.69, 9.17) is 9.57 Å². The Labute approximate surface area is 118 Å². The van der Waals surface area contributed by atoms with E-state index in [1.807, 2.05) is 32.9 Å². The molecule has 0 saturated carbocycles. The van der Waals surface area contributed by atoms with Crippen molar-refractivity contribution in [2.24, 2.45) is 0 Å². The van der Waals surface area contributed by atoms with Gasteiger partial charge in [-0.2, -0.15) is 0 Å². The second kappa shape index (κ2) is 5.46. The molecule has 2 aromatic rings. The van der Waals surface area contributed by atoms with Crippen LogP contribution in [-0.2, 0) is 4.74 Å². The van der Waals surface area contributed by atoms with Gasteiger partial charge in [-0.05, 0) is 37.5 Å². The van der Waals surface area contributed by atoms with Crippen LogP contribution in [0, 0.1) is 20.8 Å². The van der Waals surface area contributed by atoms with Crippen LogP contribution in [0.4, 0.5) is 0 Å². The Bertz CT molecular complexity index is 608. The van der Waals surface area contributed by atoms with Crippen LogP contribution >= 0.6 is 0 Å². The van der Waals surface area contributed by atoms with E-state index in [1.54, 1.807) is 0 Å². The fourth-order valence-corrected chi connectivity index (χ4v) is 2.48. The minimum absolute atomic E-state index is 0.0209. The third-order valence-electron chi connectivity index (χ3n) is 3.16. The number of aryl methyl sites for hydroxylation is 3. The largest absolute Gasteiger partial charge is 0.505 e. The summed E-state index contributed by atoms with van der Waals surface area (Å²) >= 11 is 0. The lowest BCUT2D eigenvalue weighted by Gasteiger charge is -2.12. The van der Waals surface area contributed by atoms with Gasteiger partial charge < -0.3 is 19.8 Å². The Hall–Kier alpha value is -2.14. The van der Waals surface area contributed by atoms with Crippen LogP contribution in [0.1, 0.15) is 16.7 Å². The lowest BCUT2D eigenvalue weighted by atomic mass is 9.95. The van der Waals surface area contributed by atoms with E-state index in [9.17, 15) is 10.2 Å². The molecule has 0 aliphatic rings. The highest BCUT2D eigenvalue weighted by atomic mass is 16.8. The zero-order chi connectivity index (χ0) is 14.9. The van der Waals surface area contributed by atoms with Crippen LogP contribution in [0.3, 0.4) is 0 Å². The van der Waals surface area contributed by atoms with Gasteiger partial charge in [0.05, 0.1) is 11.8 Å². The Morgan fingerprint density at radius 3 is 2.20 bits per heavy atom. The highest BCUT2D eigenvalue weighted by Crippen LogP contribution is 2.42. The van der Waals surface area contributed by atoms with Crippen LogP contribution in [0.2, 0.25) is 0 Å². The number of ether oxygens (including phenoxy) is 1. The van der Waals surface area contributed by atoms with E-state index in [-0.39, 0.29) is 18.4 Å². The van der Waals surface area contributed by atoms with Crippen molar-refractivity contribution in [3.05, 3.63) is 35.0 Å². The first-order valence-corrected chi connectivity index (χ1v) is 6.29. The van der Waals surface area contributed by atoms with Crippen molar-refractivity contribution in [1.29, 1.82) is 0 Å². The molecular weight excluding hydrogens is 258 g/mol. The van der Waals surface area contributed by atoms with Gasteiger partial charge in [-0.15, -0.1) is 4.73 Å². The number of rotatable bonds is 4. The molecule has 5 heteroatoms. The summed E-state index contributed by atoms with van der Waals surface area (Å²) in [6.07, 6.45) is 1.32. The molecule has 0 atom stereocenters. The summed E-state index contributed by atoms with van der Waals surface area (Å²) < 4.78 is 5.89. The predicted octanol–water partition coefficient (Wildman–Crippen LogP) is 2.52. The normalized spacial score (nSPS) is 10.8. The molecule has 0 radical (unpaired) electrons. The summed E-state index contributed by atoms with van der Waals surface area (Å²) in [6.45, 7) is 5.88. The monoisotopic (exact) mass is 277 g/mol. The first-order chi connectivity index (χ1) is 9.45. The molecule has 0 aliphatic carbocycles. The number of aromatic hydroxyl groups is 2. The zero-order valence-electron chi connectivity index (χ0n) is 12.1. The van der Waals surface area contributed by atoms with Crippen molar-refractivity contribution < 1.29 is 19.8 Å². The molecule has 1 aromatic heterocycles. The molecule has 2 rings (SSSR count). The van der Waals surface area contributed by atoms with Gasteiger partial charge in [0.25, 0.3) is 0 Å². The third kappa shape index (κ3) is 2.44. The summed E-state index contributed by atoms with van der Waals surface area (Å²) in [5.41, 5.74) is 4.29. The topological polar surface area (TPSA) is 63.9 Å². The van der Waals surface area contributed by atoms with Gasteiger partial charge in [0.15, 0.2) is 0 Å². The summed E-state index contributed by atoms with van der Waals surface area (Å²) in [6, 6.07) is 4.02. The Morgan fingerprint density at radius 1 is 1.05 bits per heavy atom. The Balaban J connectivity index is 2.56. The van der Waals surface area contributed by atoms with E-state index < -0.39 is 0 Å². The second-order valence-electron chi connectivity index (χ2n) is 4.85. The summed E-state index contributed by atoms with van der Waals surface area (Å²) in [7, 11) is 1.48. The van der Waals surface area contributed by atoms with Gasteiger partial charge in [0.1, 0.15) is 5.75 Å². The highest BCUT2D eigenvalue weighted by molar-refractivity contribution is 5.80. The lowest BCUT2D eigenvalue weighted by molar-refractivity contribution is -0.0439. The number of hydrogen-bond donors (Lipinski definition) is 2. The predicted molar refractivity (Wildman–Crippen MR) is 75.9 cm³/mol. The molecule has 1 aromatic carbocycles. The Kier molecular flexibility index (Phi) is 3.90. The molecule has 108 valence electrons.